The van der Waals surface area contributed by atoms with Crippen LogP contribution in [0.1, 0.15) is 59.1 Å². The van der Waals surface area contributed by atoms with Crippen LogP contribution >= 0.6 is 0 Å². The summed E-state index contributed by atoms with van der Waals surface area (Å²) in [4.78, 5) is 0. The summed E-state index contributed by atoms with van der Waals surface area (Å²) in [6.45, 7) is 16.0. The number of hydrogen-bond acceptors (Lipinski definition) is 1. The Morgan fingerprint density at radius 2 is 1.75 bits per heavy atom. The van der Waals surface area contributed by atoms with Crippen molar-refractivity contribution in [2.45, 2.75) is 59.8 Å². The summed E-state index contributed by atoms with van der Waals surface area (Å²) in [5.41, 5.74) is 3.19. The number of benzene rings is 1. The zero-order chi connectivity index (χ0) is 15.2. The van der Waals surface area contributed by atoms with Gasteiger partial charge in [-0.1, -0.05) is 65.8 Å². The van der Waals surface area contributed by atoms with E-state index in [1.54, 1.807) is 0 Å². The first kappa shape index (κ1) is 17.2. The van der Waals surface area contributed by atoms with Gasteiger partial charge in [0.25, 0.3) is 0 Å². The highest BCUT2D eigenvalue weighted by molar-refractivity contribution is 5.29. The molecule has 20 heavy (non-hydrogen) atoms. The van der Waals surface area contributed by atoms with Crippen LogP contribution in [0.4, 0.5) is 0 Å². The quantitative estimate of drug-likeness (QED) is 0.672. The third-order valence-electron chi connectivity index (χ3n) is 3.83. The molecule has 0 aliphatic heterocycles. The van der Waals surface area contributed by atoms with Crippen molar-refractivity contribution in [3.8, 4) is 0 Å². The molecule has 0 aliphatic rings. The largest absolute Gasteiger partial charge is 0.316 e. The molecule has 0 fully saturated rings. The van der Waals surface area contributed by atoms with Crippen molar-refractivity contribution in [2.24, 2.45) is 11.8 Å². The Hall–Kier alpha value is -0.820. The topological polar surface area (TPSA) is 12.0 Å². The van der Waals surface area contributed by atoms with Crippen LogP contribution < -0.4 is 5.32 Å². The molecule has 0 aliphatic carbocycles. The van der Waals surface area contributed by atoms with Crippen molar-refractivity contribution in [3.05, 3.63) is 35.4 Å². The molecular formula is C19H33N. The lowest BCUT2D eigenvalue weighted by atomic mass is 9.80. The number of nitrogens with one attached hydrogen (secondary N) is 1. The Labute approximate surface area is 126 Å². The Bertz CT molecular complexity index is 391. The number of rotatable bonds is 8. The molecule has 1 aromatic rings. The van der Waals surface area contributed by atoms with Crippen LogP contribution in [0, 0.1) is 11.8 Å². The van der Waals surface area contributed by atoms with Crippen LogP contribution in [0.3, 0.4) is 0 Å². The molecule has 1 aromatic carbocycles. The van der Waals surface area contributed by atoms with Gasteiger partial charge in [-0.3, -0.25) is 0 Å². The fourth-order valence-corrected chi connectivity index (χ4v) is 2.53. The van der Waals surface area contributed by atoms with E-state index >= 15 is 0 Å². The van der Waals surface area contributed by atoms with Gasteiger partial charge in [-0.15, -0.1) is 0 Å². The van der Waals surface area contributed by atoms with E-state index in [-0.39, 0.29) is 5.41 Å². The van der Waals surface area contributed by atoms with Gasteiger partial charge >= 0.3 is 0 Å². The minimum Gasteiger partial charge on any atom is -0.316 e. The third-order valence-corrected chi connectivity index (χ3v) is 3.83. The van der Waals surface area contributed by atoms with Gasteiger partial charge in [0.15, 0.2) is 0 Å². The summed E-state index contributed by atoms with van der Waals surface area (Å²) in [6, 6.07) is 9.17. The molecule has 0 heterocycles. The molecule has 0 unspecified atom stereocenters. The summed E-state index contributed by atoms with van der Waals surface area (Å²) in [7, 11) is 0. The zero-order valence-electron chi connectivity index (χ0n) is 14.3. The molecular weight excluding hydrogens is 242 g/mol. The predicted octanol–water partition coefficient (Wildman–Crippen LogP) is 4.80. The van der Waals surface area contributed by atoms with Crippen molar-refractivity contribution in [2.75, 3.05) is 13.1 Å². The van der Waals surface area contributed by atoms with Crippen LogP contribution in [-0.2, 0) is 11.8 Å². The zero-order valence-corrected chi connectivity index (χ0v) is 14.3. The van der Waals surface area contributed by atoms with Gasteiger partial charge in [-0.2, -0.15) is 0 Å². The molecule has 0 radical (unpaired) electrons. The van der Waals surface area contributed by atoms with Crippen LogP contribution in [-0.4, -0.2) is 13.1 Å². The highest BCUT2D eigenvalue weighted by atomic mass is 14.8. The average molecular weight is 275 g/mol. The minimum atomic E-state index is 0.247. The normalized spacial score (nSPS) is 12.4. The van der Waals surface area contributed by atoms with Gasteiger partial charge in [0.2, 0.25) is 0 Å². The molecule has 0 bridgehead atoms. The van der Waals surface area contributed by atoms with Gasteiger partial charge in [0, 0.05) is 0 Å². The van der Waals surface area contributed by atoms with E-state index in [1.807, 2.05) is 0 Å². The Kier molecular flexibility index (Phi) is 6.75. The van der Waals surface area contributed by atoms with E-state index in [4.69, 9.17) is 0 Å². The van der Waals surface area contributed by atoms with E-state index in [2.05, 4.69) is 71.1 Å². The van der Waals surface area contributed by atoms with Crippen LogP contribution in [0.5, 0.6) is 0 Å². The first-order valence-corrected chi connectivity index (χ1v) is 8.11. The lowest BCUT2D eigenvalue weighted by molar-refractivity contribution is 0.441. The molecule has 114 valence electrons. The maximum absolute atomic E-state index is 3.56. The van der Waals surface area contributed by atoms with E-state index in [0.717, 1.165) is 24.9 Å². The van der Waals surface area contributed by atoms with Crippen LogP contribution in [0.25, 0.3) is 0 Å². The molecule has 0 spiro atoms. The predicted molar refractivity (Wildman–Crippen MR) is 90.3 cm³/mol. The molecule has 0 amide bonds. The Balaban J connectivity index is 2.61. The monoisotopic (exact) mass is 275 g/mol. The van der Waals surface area contributed by atoms with Gasteiger partial charge in [-0.05, 0) is 54.3 Å². The van der Waals surface area contributed by atoms with Crippen LogP contribution in [0.15, 0.2) is 24.3 Å². The maximum atomic E-state index is 3.56. The first-order valence-electron chi connectivity index (χ1n) is 8.11. The molecule has 1 nitrogen and oxygen atoms in total. The van der Waals surface area contributed by atoms with Crippen molar-refractivity contribution >= 4 is 0 Å². The van der Waals surface area contributed by atoms with Gasteiger partial charge < -0.3 is 5.32 Å². The molecule has 0 saturated carbocycles. The summed E-state index contributed by atoms with van der Waals surface area (Å²) >= 11 is 0. The maximum Gasteiger partial charge on any atom is -0.00258 e. The fourth-order valence-electron chi connectivity index (χ4n) is 2.53. The fraction of sp³-hybridized carbons (Fsp3) is 0.684. The van der Waals surface area contributed by atoms with E-state index in [0.29, 0.717) is 0 Å². The van der Waals surface area contributed by atoms with Gasteiger partial charge in [0.1, 0.15) is 0 Å². The van der Waals surface area contributed by atoms with Crippen molar-refractivity contribution in [1.82, 2.24) is 5.32 Å². The average Bonchev–Trinajstić information content (AvgIpc) is 2.34. The molecule has 1 rings (SSSR count). The van der Waals surface area contributed by atoms with E-state index in [9.17, 15) is 0 Å². The SMILES string of the molecule is CC(C)CNCCC(C)(C)c1cccc(CC(C)C)c1. The Morgan fingerprint density at radius 3 is 2.35 bits per heavy atom. The second-order valence-corrected chi connectivity index (χ2v) is 7.53. The number of hydrogen-bond donors (Lipinski definition) is 1. The highest BCUT2D eigenvalue weighted by Gasteiger charge is 2.20. The third kappa shape index (κ3) is 6.09. The lowest BCUT2D eigenvalue weighted by Gasteiger charge is -2.26. The van der Waals surface area contributed by atoms with E-state index in [1.165, 1.54) is 24.0 Å². The van der Waals surface area contributed by atoms with Gasteiger partial charge in [-0.25, -0.2) is 0 Å². The standard InChI is InChI=1S/C19H33N/c1-15(2)12-17-8-7-9-18(13-17)19(5,6)10-11-20-14-16(3)4/h7-9,13,15-16,20H,10-12,14H2,1-6H3. The van der Waals surface area contributed by atoms with Gasteiger partial charge in [0.05, 0.1) is 0 Å². The van der Waals surface area contributed by atoms with Crippen molar-refractivity contribution in [1.29, 1.82) is 0 Å². The minimum absolute atomic E-state index is 0.247. The summed E-state index contributed by atoms with van der Waals surface area (Å²) in [5.74, 6) is 1.45. The molecule has 0 aromatic heterocycles. The molecule has 0 atom stereocenters. The summed E-state index contributed by atoms with van der Waals surface area (Å²) < 4.78 is 0. The Morgan fingerprint density at radius 1 is 1.05 bits per heavy atom. The summed E-state index contributed by atoms with van der Waals surface area (Å²) in [6.07, 6.45) is 2.36. The molecule has 1 heteroatoms. The van der Waals surface area contributed by atoms with Crippen molar-refractivity contribution < 1.29 is 0 Å². The summed E-state index contributed by atoms with van der Waals surface area (Å²) in [5, 5.41) is 3.56. The molecule has 1 N–H and O–H groups in total. The lowest BCUT2D eigenvalue weighted by Crippen LogP contribution is -2.27. The van der Waals surface area contributed by atoms with Crippen molar-refractivity contribution in [3.63, 3.8) is 0 Å². The van der Waals surface area contributed by atoms with Crippen LogP contribution in [0.2, 0.25) is 0 Å². The smallest absolute Gasteiger partial charge is 0.00258 e. The first-order chi connectivity index (χ1) is 9.31. The second-order valence-electron chi connectivity index (χ2n) is 7.53. The molecule has 0 saturated heterocycles. The second kappa shape index (κ2) is 7.83. The highest BCUT2D eigenvalue weighted by Crippen LogP contribution is 2.27. The van der Waals surface area contributed by atoms with E-state index < -0.39 is 0 Å².